The highest BCUT2D eigenvalue weighted by Gasteiger charge is 2.48. The SMILES string of the molecule is CN1C(=O)[C@H](c2ccc(C(F)(F)F)cn2)[C@@](C)(c2cccc(C#N)c2)N=C1N. The molecule has 1 aliphatic rings. The zero-order chi connectivity index (χ0) is 20.7. The molecule has 0 bridgehead atoms. The smallest absolute Gasteiger partial charge is 0.369 e. The summed E-state index contributed by atoms with van der Waals surface area (Å²) in [6.45, 7) is 1.64. The molecule has 3 rings (SSSR count). The summed E-state index contributed by atoms with van der Waals surface area (Å²) in [5, 5.41) is 9.18. The van der Waals surface area contributed by atoms with E-state index in [1.807, 2.05) is 6.07 Å². The summed E-state index contributed by atoms with van der Waals surface area (Å²) in [6, 6.07) is 10.6. The number of aromatic nitrogens is 1. The Balaban J connectivity index is 2.18. The van der Waals surface area contributed by atoms with E-state index in [2.05, 4.69) is 9.98 Å². The molecular weight excluding hydrogens is 371 g/mol. The van der Waals surface area contributed by atoms with Gasteiger partial charge in [-0.15, -0.1) is 0 Å². The van der Waals surface area contributed by atoms with Crippen molar-refractivity contribution in [1.29, 1.82) is 5.26 Å². The molecule has 1 aliphatic heterocycles. The maximum absolute atomic E-state index is 13.0. The first-order valence-corrected chi connectivity index (χ1v) is 8.24. The predicted octanol–water partition coefficient (Wildman–Crippen LogP) is 2.76. The number of nitrogens with two attached hydrogens (primary N) is 1. The quantitative estimate of drug-likeness (QED) is 0.857. The van der Waals surface area contributed by atoms with Crippen molar-refractivity contribution < 1.29 is 18.0 Å². The highest BCUT2D eigenvalue weighted by atomic mass is 19.4. The maximum atomic E-state index is 13.0. The summed E-state index contributed by atoms with van der Waals surface area (Å²) in [5.74, 6) is -1.50. The Morgan fingerprint density at radius 2 is 2.00 bits per heavy atom. The van der Waals surface area contributed by atoms with Gasteiger partial charge in [-0.3, -0.25) is 14.7 Å². The number of aliphatic imine (C=N–C) groups is 1. The Bertz CT molecular complexity index is 994. The van der Waals surface area contributed by atoms with Crippen LogP contribution in [-0.4, -0.2) is 28.8 Å². The summed E-state index contributed by atoms with van der Waals surface area (Å²) >= 11 is 0. The predicted molar refractivity (Wildman–Crippen MR) is 94.9 cm³/mol. The van der Waals surface area contributed by atoms with Gasteiger partial charge in [-0.25, -0.2) is 4.99 Å². The summed E-state index contributed by atoms with van der Waals surface area (Å²) < 4.78 is 38.6. The number of rotatable bonds is 2. The molecule has 2 atom stereocenters. The number of halogens is 3. The molecular formula is C19H16F3N5O. The van der Waals surface area contributed by atoms with Crippen molar-refractivity contribution in [1.82, 2.24) is 9.88 Å². The van der Waals surface area contributed by atoms with E-state index in [0.29, 0.717) is 17.3 Å². The topological polar surface area (TPSA) is 95.4 Å². The van der Waals surface area contributed by atoms with Crippen LogP contribution in [-0.2, 0) is 16.5 Å². The number of benzene rings is 1. The van der Waals surface area contributed by atoms with E-state index in [9.17, 15) is 23.2 Å². The number of alkyl halides is 3. The normalized spacial score (nSPS) is 22.6. The second-order valence-corrected chi connectivity index (χ2v) is 6.61. The van der Waals surface area contributed by atoms with Crippen LogP contribution in [0.15, 0.2) is 47.6 Å². The molecule has 1 aromatic heterocycles. The minimum Gasteiger partial charge on any atom is -0.369 e. The van der Waals surface area contributed by atoms with Gasteiger partial charge in [0.05, 0.1) is 22.9 Å². The van der Waals surface area contributed by atoms with Crippen LogP contribution in [0.5, 0.6) is 0 Å². The first-order valence-electron chi connectivity index (χ1n) is 8.24. The van der Waals surface area contributed by atoms with Gasteiger partial charge in [0.15, 0.2) is 5.96 Å². The van der Waals surface area contributed by atoms with E-state index in [-0.39, 0.29) is 11.7 Å². The van der Waals surface area contributed by atoms with Crippen molar-refractivity contribution in [3.63, 3.8) is 0 Å². The standard InChI is InChI=1S/C19H16F3N5O/c1-18(12-5-3-4-11(8-12)9-23)15(16(28)27(2)17(24)26-18)14-7-6-13(10-25-14)19(20,21)22/h3-8,10,15H,1-2H3,(H2,24,26)/t15-,18+/m0/s1. The molecule has 9 heteroatoms. The molecule has 0 aliphatic carbocycles. The molecule has 0 unspecified atom stereocenters. The molecule has 1 aromatic carbocycles. The van der Waals surface area contributed by atoms with Crippen molar-refractivity contribution in [2.24, 2.45) is 10.7 Å². The molecule has 144 valence electrons. The van der Waals surface area contributed by atoms with Gasteiger partial charge in [0, 0.05) is 13.2 Å². The monoisotopic (exact) mass is 387 g/mol. The number of likely N-dealkylation sites (N-methyl/N-ethyl adjacent to an activating group) is 1. The third-order valence-electron chi connectivity index (χ3n) is 4.82. The fourth-order valence-corrected chi connectivity index (χ4v) is 3.22. The number of amides is 1. The Hall–Kier alpha value is -3.41. The molecule has 6 nitrogen and oxygen atoms in total. The zero-order valence-corrected chi connectivity index (χ0v) is 15.0. The number of nitrogens with zero attached hydrogens (tertiary/aromatic N) is 4. The number of hydrogen-bond acceptors (Lipinski definition) is 5. The third-order valence-corrected chi connectivity index (χ3v) is 4.82. The lowest BCUT2D eigenvalue weighted by molar-refractivity contribution is -0.137. The second kappa shape index (κ2) is 6.64. The molecule has 0 saturated heterocycles. The number of guanidine groups is 1. The van der Waals surface area contributed by atoms with Crippen LogP contribution in [0.3, 0.4) is 0 Å². The number of carbonyl (C=O) groups is 1. The molecule has 2 N–H and O–H groups in total. The van der Waals surface area contributed by atoms with E-state index in [1.54, 1.807) is 31.2 Å². The largest absolute Gasteiger partial charge is 0.417 e. The lowest BCUT2D eigenvalue weighted by atomic mass is 9.75. The summed E-state index contributed by atoms with van der Waals surface area (Å²) in [4.78, 5) is 22.5. The van der Waals surface area contributed by atoms with Gasteiger partial charge >= 0.3 is 6.18 Å². The Labute approximate surface area is 159 Å². The number of nitriles is 1. The fourth-order valence-electron chi connectivity index (χ4n) is 3.22. The zero-order valence-electron chi connectivity index (χ0n) is 15.0. The molecule has 1 amide bonds. The summed E-state index contributed by atoms with van der Waals surface area (Å²) in [6.07, 6.45) is -3.84. The van der Waals surface area contributed by atoms with Gasteiger partial charge in [0.2, 0.25) is 5.91 Å². The van der Waals surface area contributed by atoms with Gasteiger partial charge in [-0.1, -0.05) is 12.1 Å². The van der Waals surface area contributed by atoms with Crippen molar-refractivity contribution in [2.75, 3.05) is 7.05 Å². The summed E-state index contributed by atoms with van der Waals surface area (Å²) in [5.41, 5.74) is 4.76. The Morgan fingerprint density at radius 3 is 2.57 bits per heavy atom. The van der Waals surface area contributed by atoms with Crippen LogP contribution in [0.2, 0.25) is 0 Å². The van der Waals surface area contributed by atoms with Gasteiger partial charge in [0.1, 0.15) is 11.5 Å². The number of hydrogen-bond donors (Lipinski definition) is 1. The molecule has 28 heavy (non-hydrogen) atoms. The molecule has 2 aromatic rings. The van der Waals surface area contributed by atoms with E-state index in [4.69, 9.17) is 5.73 Å². The van der Waals surface area contributed by atoms with Gasteiger partial charge in [0.25, 0.3) is 0 Å². The maximum Gasteiger partial charge on any atom is 0.417 e. The molecule has 0 fully saturated rings. The van der Waals surface area contributed by atoms with Gasteiger partial charge in [-0.2, -0.15) is 18.4 Å². The van der Waals surface area contributed by atoms with Crippen LogP contribution >= 0.6 is 0 Å². The van der Waals surface area contributed by atoms with Crippen LogP contribution < -0.4 is 5.73 Å². The highest BCUT2D eigenvalue weighted by Crippen LogP contribution is 2.43. The van der Waals surface area contributed by atoms with E-state index >= 15 is 0 Å². The van der Waals surface area contributed by atoms with Crippen molar-refractivity contribution in [2.45, 2.75) is 24.6 Å². The molecule has 2 heterocycles. The van der Waals surface area contributed by atoms with Gasteiger partial charge in [-0.05, 0) is 36.8 Å². The fraction of sp³-hybridized carbons (Fsp3) is 0.263. The molecule has 0 spiro atoms. The number of pyridine rings is 1. The minimum absolute atomic E-state index is 0.0296. The highest BCUT2D eigenvalue weighted by molar-refractivity contribution is 6.02. The van der Waals surface area contributed by atoms with E-state index in [0.717, 1.165) is 11.0 Å². The minimum atomic E-state index is -4.54. The Kier molecular flexibility index (Phi) is 4.59. The van der Waals surface area contributed by atoms with E-state index < -0.39 is 29.1 Å². The number of carbonyl (C=O) groups excluding carboxylic acids is 1. The van der Waals surface area contributed by atoms with Crippen molar-refractivity contribution in [3.8, 4) is 6.07 Å². The van der Waals surface area contributed by atoms with E-state index in [1.165, 1.54) is 13.1 Å². The summed E-state index contributed by atoms with van der Waals surface area (Å²) in [7, 11) is 1.43. The van der Waals surface area contributed by atoms with Crippen molar-refractivity contribution in [3.05, 3.63) is 65.0 Å². The van der Waals surface area contributed by atoms with Crippen LogP contribution in [0, 0.1) is 11.3 Å². The van der Waals surface area contributed by atoms with Crippen LogP contribution in [0.1, 0.15) is 35.2 Å². The van der Waals surface area contributed by atoms with Crippen LogP contribution in [0.25, 0.3) is 0 Å². The average molecular weight is 387 g/mol. The molecule has 0 radical (unpaired) electrons. The van der Waals surface area contributed by atoms with Gasteiger partial charge < -0.3 is 5.73 Å². The third kappa shape index (κ3) is 3.17. The lowest BCUT2D eigenvalue weighted by Crippen LogP contribution is -2.52. The molecule has 0 saturated carbocycles. The Morgan fingerprint density at radius 1 is 1.29 bits per heavy atom. The van der Waals surface area contributed by atoms with Crippen LogP contribution in [0.4, 0.5) is 13.2 Å². The average Bonchev–Trinajstić information content (AvgIpc) is 2.66. The van der Waals surface area contributed by atoms with Crippen molar-refractivity contribution >= 4 is 11.9 Å². The first kappa shape index (κ1) is 19.4. The first-order chi connectivity index (χ1) is 13.1. The second-order valence-electron chi connectivity index (χ2n) is 6.61. The lowest BCUT2D eigenvalue weighted by Gasteiger charge is -2.40.